The summed E-state index contributed by atoms with van der Waals surface area (Å²) < 4.78 is 0. The third-order valence-corrected chi connectivity index (χ3v) is 2.37. The maximum atomic E-state index is 10.6. The Morgan fingerprint density at radius 1 is 0.938 bits per heavy atom. The van der Waals surface area contributed by atoms with Crippen molar-refractivity contribution in [2.24, 2.45) is 0 Å². The zero-order valence-electron chi connectivity index (χ0n) is 8.67. The second kappa shape index (κ2) is 4.57. The van der Waals surface area contributed by atoms with Crippen molar-refractivity contribution in [2.45, 2.75) is 6.42 Å². The molecule has 3 heteroatoms. The third kappa shape index (κ3) is 2.45. The van der Waals surface area contributed by atoms with Crippen molar-refractivity contribution < 1.29 is 4.92 Å². The van der Waals surface area contributed by atoms with E-state index in [9.17, 15) is 10.1 Å². The molecule has 0 aliphatic rings. The van der Waals surface area contributed by atoms with Crippen LogP contribution in [0, 0.1) is 10.1 Å². The SMILES string of the molecule is O=[N+]([O-])c1cccc(Cc2ccccc2)c1. The number of rotatable bonds is 3. The van der Waals surface area contributed by atoms with Gasteiger partial charge in [-0.25, -0.2) is 0 Å². The monoisotopic (exact) mass is 213 g/mol. The Morgan fingerprint density at radius 2 is 1.62 bits per heavy atom. The van der Waals surface area contributed by atoms with Crippen molar-refractivity contribution in [3.05, 3.63) is 75.8 Å². The first-order chi connectivity index (χ1) is 7.75. The minimum absolute atomic E-state index is 0.147. The minimum Gasteiger partial charge on any atom is -0.258 e. The fraction of sp³-hybridized carbons (Fsp3) is 0.0769. The zero-order valence-corrected chi connectivity index (χ0v) is 8.67. The lowest BCUT2D eigenvalue weighted by Gasteiger charge is -2.01. The molecule has 2 aromatic rings. The van der Waals surface area contributed by atoms with E-state index in [2.05, 4.69) is 0 Å². The van der Waals surface area contributed by atoms with E-state index in [1.54, 1.807) is 12.1 Å². The molecule has 0 saturated carbocycles. The number of hydrogen-bond acceptors (Lipinski definition) is 2. The van der Waals surface area contributed by atoms with Crippen LogP contribution < -0.4 is 0 Å². The first kappa shape index (κ1) is 10.4. The predicted octanol–water partition coefficient (Wildman–Crippen LogP) is 3.19. The zero-order chi connectivity index (χ0) is 11.4. The number of non-ortho nitro benzene ring substituents is 1. The maximum Gasteiger partial charge on any atom is 0.269 e. The van der Waals surface area contributed by atoms with Gasteiger partial charge in [0, 0.05) is 12.1 Å². The molecule has 0 aliphatic carbocycles. The molecule has 2 aromatic carbocycles. The van der Waals surface area contributed by atoms with Crippen molar-refractivity contribution >= 4 is 5.69 Å². The number of nitro groups is 1. The summed E-state index contributed by atoms with van der Waals surface area (Å²) in [4.78, 5) is 10.2. The third-order valence-electron chi connectivity index (χ3n) is 2.37. The second-order valence-corrected chi connectivity index (χ2v) is 3.59. The van der Waals surface area contributed by atoms with Crippen LogP contribution in [0.4, 0.5) is 5.69 Å². The van der Waals surface area contributed by atoms with E-state index in [0.29, 0.717) is 0 Å². The number of nitro benzene ring substituents is 1. The molecule has 0 heterocycles. The van der Waals surface area contributed by atoms with Gasteiger partial charge in [0.15, 0.2) is 0 Å². The van der Waals surface area contributed by atoms with Gasteiger partial charge in [0.2, 0.25) is 0 Å². The molecule has 0 N–H and O–H groups in total. The molecule has 3 nitrogen and oxygen atoms in total. The first-order valence-corrected chi connectivity index (χ1v) is 5.03. The Morgan fingerprint density at radius 3 is 2.31 bits per heavy atom. The van der Waals surface area contributed by atoms with Crippen LogP contribution in [0.1, 0.15) is 11.1 Å². The van der Waals surface area contributed by atoms with Crippen LogP contribution in [0.25, 0.3) is 0 Å². The van der Waals surface area contributed by atoms with Crippen LogP contribution in [-0.4, -0.2) is 4.92 Å². The average molecular weight is 213 g/mol. The molecule has 16 heavy (non-hydrogen) atoms. The highest BCUT2D eigenvalue weighted by atomic mass is 16.6. The smallest absolute Gasteiger partial charge is 0.258 e. The topological polar surface area (TPSA) is 43.1 Å². The highest BCUT2D eigenvalue weighted by Gasteiger charge is 2.05. The molecule has 0 aromatic heterocycles. The van der Waals surface area contributed by atoms with Crippen molar-refractivity contribution in [3.63, 3.8) is 0 Å². The van der Waals surface area contributed by atoms with Gasteiger partial charge >= 0.3 is 0 Å². The van der Waals surface area contributed by atoms with Crippen LogP contribution in [-0.2, 0) is 6.42 Å². The standard InChI is InChI=1S/C13H11NO2/c15-14(16)13-8-4-7-12(10-13)9-11-5-2-1-3-6-11/h1-8,10H,9H2. The Kier molecular flexibility index (Phi) is 2.96. The number of nitrogens with zero attached hydrogens (tertiary/aromatic N) is 1. The van der Waals surface area contributed by atoms with Crippen LogP contribution in [0.2, 0.25) is 0 Å². The van der Waals surface area contributed by atoms with E-state index in [-0.39, 0.29) is 10.6 Å². The summed E-state index contributed by atoms with van der Waals surface area (Å²) in [6.07, 6.45) is 0.725. The van der Waals surface area contributed by atoms with E-state index in [1.165, 1.54) is 6.07 Å². The summed E-state index contributed by atoms with van der Waals surface area (Å²) in [5, 5.41) is 10.6. The lowest BCUT2D eigenvalue weighted by Crippen LogP contribution is -1.91. The Bertz CT molecular complexity index is 494. The van der Waals surface area contributed by atoms with Crippen LogP contribution in [0.5, 0.6) is 0 Å². The van der Waals surface area contributed by atoms with Crippen LogP contribution >= 0.6 is 0 Å². The fourth-order valence-corrected chi connectivity index (χ4v) is 1.61. The lowest BCUT2D eigenvalue weighted by molar-refractivity contribution is -0.384. The average Bonchev–Trinajstić information content (AvgIpc) is 2.30. The van der Waals surface area contributed by atoms with Gasteiger partial charge in [-0.1, -0.05) is 42.5 Å². The number of benzene rings is 2. The van der Waals surface area contributed by atoms with Crippen LogP contribution in [0.3, 0.4) is 0 Å². The van der Waals surface area contributed by atoms with Crippen LogP contribution in [0.15, 0.2) is 54.6 Å². The van der Waals surface area contributed by atoms with Gasteiger partial charge in [0.05, 0.1) is 4.92 Å². The molecular weight excluding hydrogens is 202 g/mol. The molecule has 80 valence electrons. The van der Waals surface area contributed by atoms with Gasteiger partial charge in [-0.05, 0) is 17.5 Å². The Labute approximate surface area is 93.5 Å². The highest BCUT2D eigenvalue weighted by molar-refractivity contribution is 5.36. The van der Waals surface area contributed by atoms with E-state index in [4.69, 9.17) is 0 Å². The molecular formula is C13H11NO2. The van der Waals surface area contributed by atoms with Gasteiger partial charge in [-0.15, -0.1) is 0 Å². The summed E-state index contributed by atoms with van der Waals surface area (Å²) in [6.45, 7) is 0. The van der Waals surface area contributed by atoms with Gasteiger partial charge in [-0.2, -0.15) is 0 Å². The van der Waals surface area contributed by atoms with Crippen molar-refractivity contribution in [3.8, 4) is 0 Å². The molecule has 0 atom stereocenters. The molecule has 0 spiro atoms. The van der Waals surface area contributed by atoms with Gasteiger partial charge < -0.3 is 0 Å². The molecule has 0 saturated heterocycles. The summed E-state index contributed by atoms with van der Waals surface area (Å²) in [5.41, 5.74) is 2.26. The van der Waals surface area contributed by atoms with E-state index in [0.717, 1.165) is 17.5 Å². The molecule has 0 aliphatic heterocycles. The lowest BCUT2D eigenvalue weighted by atomic mass is 10.0. The van der Waals surface area contributed by atoms with Crippen molar-refractivity contribution in [1.82, 2.24) is 0 Å². The van der Waals surface area contributed by atoms with E-state index in [1.807, 2.05) is 36.4 Å². The molecule has 2 rings (SSSR count). The minimum atomic E-state index is -0.367. The second-order valence-electron chi connectivity index (χ2n) is 3.59. The van der Waals surface area contributed by atoms with Gasteiger partial charge in [-0.3, -0.25) is 10.1 Å². The van der Waals surface area contributed by atoms with Gasteiger partial charge in [0.1, 0.15) is 0 Å². The fourth-order valence-electron chi connectivity index (χ4n) is 1.61. The molecule has 0 unspecified atom stereocenters. The van der Waals surface area contributed by atoms with E-state index >= 15 is 0 Å². The predicted molar refractivity (Wildman–Crippen MR) is 62.3 cm³/mol. The summed E-state index contributed by atoms with van der Waals surface area (Å²) in [5.74, 6) is 0. The van der Waals surface area contributed by atoms with Crippen molar-refractivity contribution in [2.75, 3.05) is 0 Å². The Hall–Kier alpha value is -2.16. The quantitative estimate of drug-likeness (QED) is 0.580. The first-order valence-electron chi connectivity index (χ1n) is 5.03. The van der Waals surface area contributed by atoms with Crippen molar-refractivity contribution in [1.29, 1.82) is 0 Å². The molecule has 0 radical (unpaired) electrons. The summed E-state index contributed by atoms with van der Waals surface area (Å²) in [6, 6.07) is 16.7. The molecule has 0 fully saturated rings. The van der Waals surface area contributed by atoms with Gasteiger partial charge in [0.25, 0.3) is 5.69 Å². The normalized spacial score (nSPS) is 10.0. The maximum absolute atomic E-state index is 10.6. The molecule has 0 amide bonds. The summed E-state index contributed by atoms with van der Waals surface area (Å²) in [7, 11) is 0. The highest BCUT2D eigenvalue weighted by Crippen LogP contribution is 2.16. The number of hydrogen-bond donors (Lipinski definition) is 0. The van der Waals surface area contributed by atoms with E-state index < -0.39 is 0 Å². The largest absolute Gasteiger partial charge is 0.269 e. The molecule has 0 bridgehead atoms. The summed E-state index contributed by atoms with van der Waals surface area (Å²) >= 11 is 0. The Balaban J connectivity index is 2.22.